The molecule has 3 N–H and O–H groups in total. The molecular weight excluding hydrogens is 232 g/mol. The lowest BCUT2D eigenvalue weighted by molar-refractivity contribution is 0.203. The van der Waals surface area contributed by atoms with E-state index in [0.717, 1.165) is 13.1 Å². The van der Waals surface area contributed by atoms with E-state index in [0.29, 0.717) is 5.41 Å². The number of nitrogens with one attached hydrogen (secondary N) is 1. The molecule has 106 valence electrons. The predicted molar refractivity (Wildman–Crippen MR) is 82.0 cm³/mol. The van der Waals surface area contributed by atoms with Crippen LogP contribution >= 0.6 is 0 Å². The van der Waals surface area contributed by atoms with Crippen LogP contribution in [0.2, 0.25) is 0 Å². The van der Waals surface area contributed by atoms with E-state index in [2.05, 4.69) is 43.4 Å². The normalized spacial score (nSPS) is 21.8. The van der Waals surface area contributed by atoms with Crippen molar-refractivity contribution in [1.29, 1.82) is 0 Å². The molecule has 1 fully saturated rings. The van der Waals surface area contributed by atoms with Gasteiger partial charge in [-0.3, -0.25) is 0 Å². The molecule has 0 amide bonds. The highest BCUT2D eigenvalue weighted by atomic mass is 14.9. The summed E-state index contributed by atoms with van der Waals surface area (Å²) in [6.45, 7) is 6.45. The Kier molecular flexibility index (Phi) is 4.64. The molecule has 0 aromatic heterocycles. The Morgan fingerprint density at radius 3 is 2.42 bits per heavy atom. The zero-order valence-corrected chi connectivity index (χ0v) is 12.4. The minimum absolute atomic E-state index is 0.285. The quantitative estimate of drug-likeness (QED) is 0.851. The summed E-state index contributed by atoms with van der Waals surface area (Å²) in [6, 6.07) is 10.4. The third-order valence-corrected chi connectivity index (χ3v) is 4.54. The number of rotatable bonds is 5. The molecule has 1 aliphatic carbocycles. The first-order valence-electron chi connectivity index (χ1n) is 7.57. The molecule has 1 aromatic rings. The van der Waals surface area contributed by atoms with E-state index < -0.39 is 0 Å². The minimum Gasteiger partial charge on any atom is -0.321 e. The Labute approximate surface area is 117 Å². The Morgan fingerprint density at radius 2 is 1.79 bits per heavy atom. The molecule has 2 rings (SSSR count). The highest BCUT2D eigenvalue weighted by Gasteiger charge is 2.27. The molecule has 1 aliphatic rings. The maximum absolute atomic E-state index is 6.43. The molecule has 1 aromatic carbocycles. The first-order chi connectivity index (χ1) is 9.02. The van der Waals surface area contributed by atoms with Crippen LogP contribution in [0, 0.1) is 5.41 Å². The predicted octanol–water partition coefficient (Wildman–Crippen LogP) is 3.42. The SMILES string of the molecule is CC1(CNCC(C)(N)c2ccccc2)CCCCC1. The average molecular weight is 260 g/mol. The van der Waals surface area contributed by atoms with Crippen molar-refractivity contribution in [1.82, 2.24) is 5.32 Å². The molecule has 0 bridgehead atoms. The van der Waals surface area contributed by atoms with Gasteiger partial charge in [-0.2, -0.15) is 0 Å². The number of hydrogen-bond acceptors (Lipinski definition) is 2. The van der Waals surface area contributed by atoms with Gasteiger partial charge in [0.05, 0.1) is 5.54 Å². The lowest BCUT2D eigenvalue weighted by atomic mass is 9.75. The summed E-state index contributed by atoms with van der Waals surface area (Å²) in [5.74, 6) is 0. The maximum atomic E-state index is 6.43. The van der Waals surface area contributed by atoms with Crippen LogP contribution in [0.5, 0.6) is 0 Å². The van der Waals surface area contributed by atoms with Crippen molar-refractivity contribution in [3.8, 4) is 0 Å². The molecule has 1 saturated carbocycles. The summed E-state index contributed by atoms with van der Waals surface area (Å²) >= 11 is 0. The summed E-state index contributed by atoms with van der Waals surface area (Å²) < 4.78 is 0. The third kappa shape index (κ3) is 4.05. The van der Waals surface area contributed by atoms with Gasteiger partial charge in [-0.05, 0) is 30.7 Å². The number of nitrogens with two attached hydrogens (primary N) is 1. The van der Waals surface area contributed by atoms with E-state index in [4.69, 9.17) is 5.73 Å². The highest BCUT2D eigenvalue weighted by Crippen LogP contribution is 2.35. The van der Waals surface area contributed by atoms with Crippen LogP contribution in [0.25, 0.3) is 0 Å². The van der Waals surface area contributed by atoms with Crippen molar-refractivity contribution in [3.63, 3.8) is 0 Å². The van der Waals surface area contributed by atoms with Gasteiger partial charge in [0.25, 0.3) is 0 Å². The van der Waals surface area contributed by atoms with Gasteiger partial charge in [0.1, 0.15) is 0 Å². The Bertz CT molecular complexity index is 378. The largest absolute Gasteiger partial charge is 0.321 e. The van der Waals surface area contributed by atoms with Crippen molar-refractivity contribution in [3.05, 3.63) is 35.9 Å². The van der Waals surface area contributed by atoms with Crippen LogP contribution in [-0.4, -0.2) is 13.1 Å². The summed E-state index contributed by atoms with van der Waals surface area (Å²) in [5.41, 5.74) is 7.83. The molecule has 0 radical (unpaired) electrons. The summed E-state index contributed by atoms with van der Waals surface area (Å²) in [5, 5.41) is 3.61. The summed E-state index contributed by atoms with van der Waals surface area (Å²) in [7, 11) is 0. The number of hydrogen-bond donors (Lipinski definition) is 2. The first kappa shape index (κ1) is 14.5. The second-order valence-electron chi connectivity index (χ2n) is 6.76. The topological polar surface area (TPSA) is 38.0 Å². The molecule has 19 heavy (non-hydrogen) atoms. The fourth-order valence-corrected chi connectivity index (χ4v) is 3.13. The Morgan fingerprint density at radius 1 is 1.16 bits per heavy atom. The van der Waals surface area contributed by atoms with Crippen molar-refractivity contribution >= 4 is 0 Å². The molecule has 2 nitrogen and oxygen atoms in total. The van der Waals surface area contributed by atoms with E-state index in [9.17, 15) is 0 Å². The standard InChI is InChI=1S/C17H28N2/c1-16(11-7-4-8-12-16)13-19-14-17(2,18)15-9-5-3-6-10-15/h3,5-6,9-10,19H,4,7-8,11-14,18H2,1-2H3. The van der Waals surface area contributed by atoms with Crippen LogP contribution in [0.4, 0.5) is 0 Å². The van der Waals surface area contributed by atoms with Gasteiger partial charge in [0.2, 0.25) is 0 Å². The van der Waals surface area contributed by atoms with Gasteiger partial charge >= 0.3 is 0 Å². The van der Waals surface area contributed by atoms with Gasteiger partial charge in [-0.1, -0.05) is 56.5 Å². The second kappa shape index (κ2) is 6.06. The molecule has 1 unspecified atom stereocenters. The van der Waals surface area contributed by atoms with Gasteiger partial charge in [0, 0.05) is 13.1 Å². The van der Waals surface area contributed by atoms with E-state index in [1.165, 1.54) is 37.7 Å². The highest BCUT2D eigenvalue weighted by molar-refractivity contribution is 5.23. The van der Waals surface area contributed by atoms with E-state index >= 15 is 0 Å². The summed E-state index contributed by atoms with van der Waals surface area (Å²) in [6.07, 6.45) is 6.89. The van der Waals surface area contributed by atoms with Gasteiger partial charge in [-0.15, -0.1) is 0 Å². The monoisotopic (exact) mass is 260 g/mol. The van der Waals surface area contributed by atoms with Gasteiger partial charge < -0.3 is 11.1 Å². The molecule has 0 saturated heterocycles. The fourth-order valence-electron chi connectivity index (χ4n) is 3.13. The smallest absolute Gasteiger partial charge is 0.0507 e. The molecule has 0 aliphatic heterocycles. The summed E-state index contributed by atoms with van der Waals surface area (Å²) in [4.78, 5) is 0. The third-order valence-electron chi connectivity index (χ3n) is 4.54. The van der Waals surface area contributed by atoms with Crippen molar-refractivity contribution < 1.29 is 0 Å². The average Bonchev–Trinajstić information content (AvgIpc) is 2.40. The van der Waals surface area contributed by atoms with Gasteiger partial charge in [-0.25, -0.2) is 0 Å². The van der Waals surface area contributed by atoms with Crippen LogP contribution in [0.1, 0.15) is 51.5 Å². The van der Waals surface area contributed by atoms with E-state index in [-0.39, 0.29) is 5.54 Å². The second-order valence-corrected chi connectivity index (χ2v) is 6.76. The van der Waals surface area contributed by atoms with E-state index in [1.54, 1.807) is 0 Å². The van der Waals surface area contributed by atoms with Crippen LogP contribution < -0.4 is 11.1 Å². The lowest BCUT2D eigenvalue weighted by Crippen LogP contribution is -2.46. The zero-order valence-electron chi connectivity index (χ0n) is 12.4. The van der Waals surface area contributed by atoms with Crippen LogP contribution in [0.3, 0.4) is 0 Å². The Hall–Kier alpha value is -0.860. The first-order valence-corrected chi connectivity index (χ1v) is 7.57. The molecule has 0 heterocycles. The Balaban J connectivity index is 1.84. The van der Waals surface area contributed by atoms with Crippen LogP contribution in [0.15, 0.2) is 30.3 Å². The minimum atomic E-state index is -0.285. The number of benzene rings is 1. The lowest BCUT2D eigenvalue weighted by Gasteiger charge is -2.35. The van der Waals surface area contributed by atoms with E-state index in [1.807, 2.05) is 6.07 Å². The maximum Gasteiger partial charge on any atom is 0.0507 e. The van der Waals surface area contributed by atoms with Gasteiger partial charge in [0.15, 0.2) is 0 Å². The van der Waals surface area contributed by atoms with Crippen molar-refractivity contribution in [2.45, 2.75) is 51.5 Å². The zero-order chi connectivity index (χ0) is 13.8. The van der Waals surface area contributed by atoms with Crippen LogP contribution in [-0.2, 0) is 5.54 Å². The molecule has 2 heteroatoms. The molecule has 0 spiro atoms. The fraction of sp³-hybridized carbons (Fsp3) is 0.647. The van der Waals surface area contributed by atoms with Crippen molar-refractivity contribution in [2.75, 3.05) is 13.1 Å². The molecule has 1 atom stereocenters. The molecular formula is C17H28N2. The van der Waals surface area contributed by atoms with Crippen molar-refractivity contribution in [2.24, 2.45) is 11.1 Å².